The number of nitrogens with one attached hydrogen (secondary N) is 1. The van der Waals surface area contributed by atoms with E-state index >= 15 is 0 Å². The lowest BCUT2D eigenvalue weighted by molar-refractivity contribution is -0.137. The lowest BCUT2D eigenvalue weighted by Crippen LogP contribution is -2.45. The number of rotatable bonds is 7. The van der Waals surface area contributed by atoms with Crippen LogP contribution in [-0.4, -0.2) is 61.4 Å². The summed E-state index contributed by atoms with van der Waals surface area (Å²) in [6, 6.07) is 8.23. The number of carbonyl (C=O) groups excluding carboxylic acids is 2. The Balaban J connectivity index is 1.60. The molecule has 1 aromatic carbocycles. The summed E-state index contributed by atoms with van der Waals surface area (Å²) in [6.07, 6.45) is 4.88. The van der Waals surface area contributed by atoms with E-state index in [1.165, 1.54) is 18.4 Å². The molecule has 0 bridgehead atoms. The average molecular weight is 359 g/mol. The van der Waals surface area contributed by atoms with Crippen LogP contribution < -0.4 is 10.1 Å². The number of likely N-dealkylation sites (tertiary alicyclic amines) is 2. The minimum Gasteiger partial charge on any atom is -0.497 e. The smallest absolute Gasteiger partial charge is 0.239 e. The van der Waals surface area contributed by atoms with E-state index in [1.807, 2.05) is 12.1 Å². The lowest BCUT2D eigenvalue weighted by Gasteiger charge is -2.29. The third kappa shape index (κ3) is 4.75. The van der Waals surface area contributed by atoms with Crippen molar-refractivity contribution in [1.82, 2.24) is 15.1 Å². The first kappa shape index (κ1) is 18.7. The van der Waals surface area contributed by atoms with Crippen molar-refractivity contribution in [3.05, 3.63) is 29.8 Å². The largest absolute Gasteiger partial charge is 0.497 e. The summed E-state index contributed by atoms with van der Waals surface area (Å²) < 4.78 is 5.25. The zero-order valence-electron chi connectivity index (χ0n) is 15.6. The first-order valence-corrected chi connectivity index (χ1v) is 9.60. The highest BCUT2D eigenvalue weighted by Gasteiger charge is 2.25. The van der Waals surface area contributed by atoms with Crippen molar-refractivity contribution in [2.24, 2.45) is 0 Å². The molecule has 6 nitrogen and oxygen atoms in total. The second-order valence-corrected chi connectivity index (χ2v) is 7.11. The first-order chi connectivity index (χ1) is 12.7. The number of carbonyl (C=O) groups is 2. The van der Waals surface area contributed by atoms with Crippen molar-refractivity contribution in [3.63, 3.8) is 0 Å². The molecule has 6 heteroatoms. The van der Waals surface area contributed by atoms with Crippen LogP contribution in [0.5, 0.6) is 5.75 Å². The minimum atomic E-state index is -0.0713. The van der Waals surface area contributed by atoms with Crippen molar-refractivity contribution >= 4 is 11.8 Å². The first-order valence-electron chi connectivity index (χ1n) is 9.60. The van der Waals surface area contributed by atoms with E-state index in [0.29, 0.717) is 19.5 Å². The number of amides is 2. The molecule has 2 aliphatic rings. The highest BCUT2D eigenvalue weighted by Crippen LogP contribution is 2.26. The molecule has 1 N–H and O–H groups in total. The van der Waals surface area contributed by atoms with Gasteiger partial charge in [-0.25, -0.2) is 0 Å². The van der Waals surface area contributed by atoms with Crippen LogP contribution in [-0.2, 0) is 9.59 Å². The second-order valence-electron chi connectivity index (χ2n) is 7.11. The van der Waals surface area contributed by atoms with E-state index < -0.39 is 0 Å². The predicted octanol–water partition coefficient (Wildman–Crippen LogP) is 1.96. The highest BCUT2D eigenvalue weighted by molar-refractivity contribution is 5.85. The molecule has 1 atom stereocenters. The van der Waals surface area contributed by atoms with Crippen LogP contribution in [0.1, 0.15) is 43.7 Å². The van der Waals surface area contributed by atoms with Gasteiger partial charge < -0.3 is 15.0 Å². The SMILES string of the molecule is COc1ccc([C@H](CNC(=O)CN2CCCCC2=O)N2CCCC2)cc1. The van der Waals surface area contributed by atoms with E-state index in [2.05, 4.69) is 22.3 Å². The van der Waals surface area contributed by atoms with Crippen molar-refractivity contribution in [3.8, 4) is 5.75 Å². The summed E-state index contributed by atoms with van der Waals surface area (Å²) in [5.41, 5.74) is 1.18. The number of hydrogen-bond acceptors (Lipinski definition) is 4. The number of nitrogens with zero attached hydrogens (tertiary/aromatic N) is 2. The molecule has 0 unspecified atom stereocenters. The highest BCUT2D eigenvalue weighted by atomic mass is 16.5. The summed E-state index contributed by atoms with van der Waals surface area (Å²) >= 11 is 0. The van der Waals surface area contributed by atoms with Gasteiger partial charge in [-0.2, -0.15) is 0 Å². The molecule has 142 valence electrons. The fourth-order valence-corrected chi connectivity index (χ4v) is 3.81. The van der Waals surface area contributed by atoms with Gasteiger partial charge >= 0.3 is 0 Å². The Morgan fingerprint density at radius 1 is 1.12 bits per heavy atom. The van der Waals surface area contributed by atoms with Crippen LogP contribution in [0.15, 0.2) is 24.3 Å². The molecule has 0 aromatic heterocycles. The van der Waals surface area contributed by atoms with E-state index in [4.69, 9.17) is 4.74 Å². The Labute approximate surface area is 155 Å². The van der Waals surface area contributed by atoms with E-state index in [-0.39, 0.29) is 24.4 Å². The summed E-state index contributed by atoms with van der Waals surface area (Å²) in [5.74, 6) is 0.858. The summed E-state index contributed by atoms with van der Waals surface area (Å²) in [5, 5.41) is 3.05. The van der Waals surface area contributed by atoms with E-state index in [0.717, 1.165) is 31.7 Å². The van der Waals surface area contributed by atoms with E-state index in [1.54, 1.807) is 12.0 Å². The Bertz CT molecular complexity index is 611. The fraction of sp³-hybridized carbons (Fsp3) is 0.600. The Kier molecular flexibility index (Phi) is 6.50. The molecule has 0 aliphatic carbocycles. The number of ether oxygens (including phenoxy) is 1. The van der Waals surface area contributed by atoms with Crippen LogP contribution in [0.4, 0.5) is 0 Å². The molecule has 2 amide bonds. The molecule has 0 saturated carbocycles. The minimum absolute atomic E-state index is 0.0713. The molecule has 2 heterocycles. The molecular weight excluding hydrogens is 330 g/mol. The Hall–Kier alpha value is -2.08. The zero-order chi connectivity index (χ0) is 18.4. The number of methoxy groups -OCH3 is 1. The topological polar surface area (TPSA) is 61.9 Å². The standard InChI is InChI=1S/C20H29N3O3/c1-26-17-9-7-16(8-10-17)18(22-11-4-5-12-22)14-21-19(24)15-23-13-3-2-6-20(23)25/h7-10,18H,2-6,11-15H2,1H3,(H,21,24)/t18-/m0/s1. The fourth-order valence-electron chi connectivity index (χ4n) is 3.81. The van der Waals surface area contributed by atoms with Gasteiger partial charge in [-0.05, 0) is 56.5 Å². The molecular formula is C20H29N3O3. The third-order valence-corrected chi connectivity index (χ3v) is 5.33. The predicted molar refractivity (Wildman–Crippen MR) is 100.0 cm³/mol. The average Bonchev–Trinajstić information content (AvgIpc) is 3.19. The molecule has 2 fully saturated rings. The van der Waals surface area contributed by atoms with Gasteiger partial charge in [0.2, 0.25) is 11.8 Å². The molecule has 2 saturated heterocycles. The van der Waals surface area contributed by atoms with Crippen molar-refractivity contribution in [2.45, 2.75) is 38.1 Å². The summed E-state index contributed by atoms with van der Waals surface area (Å²) in [7, 11) is 1.66. The molecule has 2 aliphatic heterocycles. The quantitative estimate of drug-likeness (QED) is 0.808. The monoisotopic (exact) mass is 359 g/mol. The number of hydrogen-bond donors (Lipinski definition) is 1. The van der Waals surface area contributed by atoms with Crippen LogP contribution in [0.2, 0.25) is 0 Å². The number of benzene rings is 1. The van der Waals surface area contributed by atoms with Crippen LogP contribution in [0, 0.1) is 0 Å². The van der Waals surface area contributed by atoms with E-state index in [9.17, 15) is 9.59 Å². The third-order valence-electron chi connectivity index (χ3n) is 5.33. The van der Waals surface area contributed by atoms with Gasteiger partial charge in [0.05, 0.1) is 19.7 Å². The summed E-state index contributed by atoms with van der Waals surface area (Å²) in [6.45, 7) is 3.54. The van der Waals surface area contributed by atoms with Crippen LogP contribution >= 0.6 is 0 Å². The summed E-state index contributed by atoms with van der Waals surface area (Å²) in [4.78, 5) is 28.4. The van der Waals surface area contributed by atoms with Gasteiger partial charge in [0.15, 0.2) is 0 Å². The van der Waals surface area contributed by atoms with Gasteiger partial charge in [-0.3, -0.25) is 14.5 Å². The van der Waals surface area contributed by atoms with Gasteiger partial charge in [-0.1, -0.05) is 12.1 Å². The van der Waals surface area contributed by atoms with Gasteiger partial charge in [0, 0.05) is 19.5 Å². The Morgan fingerprint density at radius 2 is 1.81 bits per heavy atom. The van der Waals surface area contributed by atoms with Crippen molar-refractivity contribution < 1.29 is 14.3 Å². The molecule has 0 spiro atoms. The maximum Gasteiger partial charge on any atom is 0.239 e. The lowest BCUT2D eigenvalue weighted by atomic mass is 10.1. The van der Waals surface area contributed by atoms with Crippen LogP contribution in [0.3, 0.4) is 0 Å². The molecule has 3 rings (SSSR count). The maximum atomic E-state index is 12.4. The second kappa shape index (κ2) is 9.03. The number of piperidine rings is 1. The zero-order valence-corrected chi connectivity index (χ0v) is 15.6. The maximum absolute atomic E-state index is 12.4. The molecule has 26 heavy (non-hydrogen) atoms. The van der Waals surface area contributed by atoms with Gasteiger partial charge in [0.25, 0.3) is 0 Å². The normalized spacial score (nSPS) is 19.4. The molecule has 1 aromatic rings. The van der Waals surface area contributed by atoms with Gasteiger partial charge in [-0.15, -0.1) is 0 Å². The van der Waals surface area contributed by atoms with Gasteiger partial charge in [0.1, 0.15) is 5.75 Å². The van der Waals surface area contributed by atoms with Crippen LogP contribution in [0.25, 0.3) is 0 Å². The Morgan fingerprint density at radius 3 is 2.46 bits per heavy atom. The van der Waals surface area contributed by atoms with Crippen molar-refractivity contribution in [1.29, 1.82) is 0 Å². The molecule has 0 radical (unpaired) electrons. The van der Waals surface area contributed by atoms with Crippen molar-refractivity contribution in [2.75, 3.05) is 39.8 Å².